The van der Waals surface area contributed by atoms with Crippen LogP contribution in [0.2, 0.25) is 5.02 Å². The third-order valence-corrected chi connectivity index (χ3v) is 6.06. The molecule has 0 aliphatic heterocycles. The van der Waals surface area contributed by atoms with Crippen molar-refractivity contribution in [2.75, 3.05) is 14.1 Å². The van der Waals surface area contributed by atoms with Gasteiger partial charge in [0.25, 0.3) is 0 Å². The van der Waals surface area contributed by atoms with Crippen molar-refractivity contribution in [2.45, 2.75) is 38.3 Å². The van der Waals surface area contributed by atoms with E-state index in [0.717, 1.165) is 35.3 Å². The van der Waals surface area contributed by atoms with E-state index in [-0.39, 0.29) is 17.6 Å². The third kappa shape index (κ3) is 3.50. The monoisotopic (exact) mass is 438 g/mol. The lowest BCUT2D eigenvalue weighted by molar-refractivity contribution is -0.128. The van der Waals surface area contributed by atoms with Gasteiger partial charge < -0.3 is 9.30 Å². The van der Waals surface area contributed by atoms with Gasteiger partial charge in [-0.3, -0.25) is 18.9 Å². The largest absolute Gasteiger partial charge is 0.349 e. The molecule has 1 aliphatic carbocycles. The molecule has 1 amide bonds. The molecule has 1 fully saturated rings. The lowest BCUT2D eigenvalue weighted by Crippen LogP contribution is -2.25. The maximum atomic E-state index is 13.3. The molecule has 4 aromatic rings. The van der Waals surface area contributed by atoms with Crippen molar-refractivity contribution in [3.63, 3.8) is 0 Å². The number of rotatable bonds is 6. The van der Waals surface area contributed by atoms with E-state index in [1.165, 1.54) is 0 Å². The fourth-order valence-corrected chi connectivity index (χ4v) is 4.23. The SMILES string of the molecule is CN(C)C(=O)CCc1c(Cn2c(=O)n(C3CC3)c3ccncc32)nc2cc(Cl)ccn12. The van der Waals surface area contributed by atoms with Crippen molar-refractivity contribution in [1.82, 2.24) is 28.4 Å². The summed E-state index contributed by atoms with van der Waals surface area (Å²) in [5.41, 5.74) is 4.02. The Morgan fingerprint density at radius 2 is 2.06 bits per heavy atom. The van der Waals surface area contributed by atoms with Gasteiger partial charge in [-0.25, -0.2) is 9.78 Å². The van der Waals surface area contributed by atoms with Crippen molar-refractivity contribution in [3.05, 3.63) is 63.7 Å². The quantitative estimate of drug-likeness (QED) is 0.463. The number of halogens is 1. The number of pyridine rings is 2. The van der Waals surface area contributed by atoms with Gasteiger partial charge in [-0.1, -0.05) is 11.6 Å². The predicted octanol–water partition coefficient (Wildman–Crippen LogP) is 2.90. The van der Waals surface area contributed by atoms with Gasteiger partial charge in [0.15, 0.2) is 0 Å². The fraction of sp³-hybridized carbons (Fsp3) is 0.364. The molecule has 9 heteroatoms. The topological polar surface area (TPSA) is 77.4 Å². The summed E-state index contributed by atoms with van der Waals surface area (Å²) >= 11 is 6.18. The Morgan fingerprint density at radius 3 is 2.81 bits per heavy atom. The molecule has 0 N–H and O–H groups in total. The van der Waals surface area contributed by atoms with E-state index in [1.807, 2.05) is 21.2 Å². The van der Waals surface area contributed by atoms with E-state index in [0.29, 0.717) is 30.1 Å². The van der Waals surface area contributed by atoms with Gasteiger partial charge in [-0.05, 0) is 31.4 Å². The maximum absolute atomic E-state index is 13.3. The maximum Gasteiger partial charge on any atom is 0.329 e. The predicted molar refractivity (Wildman–Crippen MR) is 119 cm³/mol. The summed E-state index contributed by atoms with van der Waals surface area (Å²) in [7, 11) is 3.49. The molecule has 0 unspecified atom stereocenters. The second-order valence-electron chi connectivity index (χ2n) is 8.20. The number of carbonyl (C=O) groups is 1. The molecule has 0 aromatic carbocycles. The molecule has 8 nitrogen and oxygen atoms in total. The molecule has 0 saturated heterocycles. The van der Waals surface area contributed by atoms with Crippen LogP contribution in [-0.4, -0.2) is 48.4 Å². The minimum absolute atomic E-state index is 0.0431. The van der Waals surface area contributed by atoms with Crippen LogP contribution in [0.1, 0.15) is 36.7 Å². The summed E-state index contributed by atoms with van der Waals surface area (Å²) in [6, 6.07) is 5.74. The van der Waals surface area contributed by atoms with E-state index in [2.05, 4.69) is 4.98 Å². The molecule has 4 aromatic heterocycles. The number of nitrogens with zero attached hydrogens (tertiary/aromatic N) is 6. The van der Waals surface area contributed by atoms with Crippen LogP contribution >= 0.6 is 11.6 Å². The van der Waals surface area contributed by atoms with Crippen molar-refractivity contribution in [2.24, 2.45) is 0 Å². The number of hydrogen-bond acceptors (Lipinski definition) is 4. The molecule has 5 rings (SSSR count). The average Bonchev–Trinajstić information content (AvgIpc) is 3.46. The van der Waals surface area contributed by atoms with Crippen molar-refractivity contribution in [1.29, 1.82) is 0 Å². The number of amides is 1. The molecule has 31 heavy (non-hydrogen) atoms. The first-order valence-electron chi connectivity index (χ1n) is 10.3. The van der Waals surface area contributed by atoms with Crippen LogP contribution in [-0.2, 0) is 17.8 Å². The lowest BCUT2D eigenvalue weighted by atomic mass is 10.2. The number of aromatic nitrogens is 5. The second kappa shape index (κ2) is 7.53. The fourth-order valence-electron chi connectivity index (χ4n) is 4.07. The standard InChI is InChI=1S/C22H23ClN6O2/c1-26(2)21(30)6-5-17-16(25-20-11-14(23)8-10-27(17)20)13-28-19-12-24-9-7-18(19)29(22(28)31)15-3-4-15/h7-12,15H,3-6,13H2,1-2H3. The van der Waals surface area contributed by atoms with Crippen LogP contribution in [0.3, 0.4) is 0 Å². The van der Waals surface area contributed by atoms with Gasteiger partial charge in [-0.15, -0.1) is 0 Å². The van der Waals surface area contributed by atoms with E-state index in [9.17, 15) is 9.59 Å². The Balaban J connectivity index is 1.61. The van der Waals surface area contributed by atoms with E-state index in [4.69, 9.17) is 16.6 Å². The first-order chi connectivity index (χ1) is 14.9. The molecule has 0 radical (unpaired) electrons. The zero-order chi connectivity index (χ0) is 21.7. The number of aryl methyl sites for hydroxylation is 1. The number of fused-ring (bicyclic) bond motifs is 2. The Morgan fingerprint density at radius 1 is 1.26 bits per heavy atom. The summed E-state index contributed by atoms with van der Waals surface area (Å²) < 4.78 is 5.56. The summed E-state index contributed by atoms with van der Waals surface area (Å²) in [5, 5.41) is 0.590. The average molecular weight is 439 g/mol. The second-order valence-corrected chi connectivity index (χ2v) is 8.64. The highest BCUT2D eigenvalue weighted by Gasteiger charge is 2.29. The molecular formula is C22H23ClN6O2. The first kappa shape index (κ1) is 19.8. The van der Waals surface area contributed by atoms with Gasteiger partial charge in [0.1, 0.15) is 5.65 Å². The van der Waals surface area contributed by atoms with Crippen molar-refractivity contribution in [3.8, 4) is 0 Å². The summed E-state index contributed by atoms with van der Waals surface area (Å²) in [4.78, 5) is 36.1. The van der Waals surface area contributed by atoms with E-state index in [1.54, 1.807) is 48.1 Å². The van der Waals surface area contributed by atoms with Crippen LogP contribution in [0.25, 0.3) is 16.7 Å². The van der Waals surface area contributed by atoms with Crippen molar-refractivity contribution < 1.29 is 4.79 Å². The van der Waals surface area contributed by atoms with Gasteiger partial charge in [0.2, 0.25) is 5.91 Å². The van der Waals surface area contributed by atoms with Crippen LogP contribution in [0.4, 0.5) is 0 Å². The molecule has 0 bridgehead atoms. The van der Waals surface area contributed by atoms with Crippen LogP contribution in [0.15, 0.2) is 41.6 Å². The molecule has 160 valence electrons. The zero-order valence-electron chi connectivity index (χ0n) is 17.5. The Kier molecular flexibility index (Phi) is 4.81. The number of imidazole rings is 2. The first-order valence-corrected chi connectivity index (χ1v) is 10.7. The van der Waals surface area contributed by atoms with Crippen LogP contribution in [0.5, 0.6) is 0 Å². The Bertz CT molecular complexity index is 1360. The normalized spacial score (nSPS) is 13.9. The molecular weight excluding hydrogens is 416 g/mol. The number of carbonyl (C=O) groups excluding carboxylic acids is 1. The van der Waals surface area contributed by atoms with Gasteiger partial charge >= 0.3 is 5.69 Å². The summed E-state index contributed by atoms with van der Waals surface area (Å²) in [6.07, 6.45) is 8.23. The highest BCUT2D eigenvalue weighted by molar-refractivity contribution is 6.30. The number of hydrogen-bond donors (Lipinski definition) is 0. The zero-order valence-corrected chi connectivity index (χ0v) is 18.2. The smallest absolute Gasteiger partial charge is 0.329 e. The molecule has 1 aliphatic rings. The lowest BCUT2D eigenvalue weighted by Gasteiger charge is -2.11. The van der Waals surface area contributed by atoms with Crippen LogP contribution < -0.4 is 5.69 Å². The van der Waals surface area contributed by atoms with Crippen LogP contribution in [0, 0.1) is 0 Å². The Hall–Kier alpha value is -3.13. The summed E-state index contributed by atoms with van der Waals surface area (Å²) in [5.74, 6) is 0.0431. The van der Waals surface area contributed by atoms with Gasteiger partial charge in [0, 0.05) is 55.7 Å². The Labute approximate surface area is 183 Å². The highest BCUT2D eigenvalue weighted by atomic mass is 35.5. The minimum Gasteiger partial charge on any atom is -0.349 e. The molecule has 0 atom stereocenters. The van der Waals surface area contributed by atoms with Gasteiger partial charge in [0.05, 0.1) is 29.5 Å². The van der Waals surface area contributed by atoms with Crippen molar-refractivity contribution >= 4 is 34.2 Å². The summed E-state index contributed by atoms with van der Waals surface area (Å²) in [6.45, 7) is 0.311. The highest BCUT2D eigenvalue weighted by Crippen LogP contribution is 2.36. The molecule has 0 spiro atoms. The third-order valence-electron chi connectivity index (χ3n) is 5.83. The van der Waals surface area contributed by atoms with Gasteiger partial charge in [-0.2, -0.15) is 0 Å². The minimum atomic E-state index is -0.0455. The van der Waals surface area contributed by atoms with E-state index < -0.39 is 0 Å². The molecule has 1 saturated carbocycles. The molecule has 4 heterocycles. The van der Waals surface area contributed by atoms with E-state index >= 15 is 0 Å².